The van der Waals surface area contributed by atoms with Crippen molar-refractivity contribution in [2.75, 3.05) is 6.54 Å². The molecule has 0 radical (unpaired) electrons. The molecule has 9 heteroatoms. The standard InChI is InChI=1S/C19H15ClN2O3S3/c1-2-9-21-18(23)17(28-19(21)26)11-12-3-8-16(15(10-12)22(24)25)27-14-6-4-13(20)5-7-14/h3-8,10-11H,2,9H2,1H3/b17-11+. The molecule has 0 N–H and O–H groups in total. The first kappa shape index (κ1) is 20.9. The summed E-state index contributed by atoms with van der Waals surface area (Å²) in [5.74, 6) is -0.154. The van der Waals surface area contributed by atoms with Crippen LogP contribution in [0.25, 0.3) is 6.08 Å². The second-order valence-electron chi connectivity index (χ2n) is 5.87. The van der Waals surface area contributed by atoms with E-state index in [0.717, 1.165) is 11.3 Å². The minimum Gasteiger partial charge on any atom is -0.293 e. The molecular formula is C19H15ClN2O3S3. The van der Waals surface area contributed by atoms with Crippen LogP contribution in [-0.4, -0.2) is 26.6 Å². The Morgan fingerprint density at radius 2 is 2.00 bits per heavy atom. The highest BCUT2D eigenvalue weighted by atomic mass is 35.5. The molecule has 5 nitrogen and oxygen atoms in total. The fraction of sp³-hybridized carbons (Fsp3) is 0.158. The maximum Gasteiger partial charge on any atom is 0.283 e. The fourth-order valence-electron chi connectivity index (χ4n) is 2.55. The van der Waals surface area contributed by atoms with Gasteiger partial charge in [-0.1, -0.05) is 60.3 Å². The van der Waals surface area contributed by atoms with Crippen molar-refractivity contribution in [3.63, 3.8) is 0 Å². The maximum atomic E-state index is 12.5. The van der Waals surface area contributed by atoms with E-state index >= 15 is 0 Å². The zero-order chi connectivity index (χ0) is 20.3. The van der Waals surface area contributed by atoms with Gasteiger partial charge in [-0.15, -0.1) is 0 Å². The quantitative estimate of drug-likeness (QED) is 0.232. The Balaban J connectivity index is 1.89. The van der Waals surface area contributed by atoms with Crippen LogP contribution in [0.5, 0.6) is 0 Å². The number of nitrogens with zero attached hydrogens (tertiary/aromatic N) is 2. The van der Waals surface area contributed by atoms with Crippen molar-refractivity contribution in [3.8, 4) is 0 Å². The van der Waals surface area contributed by atoms with E-state index < -0.39 is 4.92 Å². The lowest BCUT2D eigenvalue weighted by Gasteiger charge is -2.11. The Morgan fingerprint density at radius 1 is 1.29 bits per heavy atom. The van der Waals surface area contributed by atoms with Crippen molar-refractivity contribution >= 4 is 69.3 Å². The molecule has 1 heterocycles. The summed E-state index contributed by atoms with van der Waals surface area (Å²) in [4.78, 5) is 27.0. The number of thioether (sulfide) groups is 1. The molecule has 0 unspecified atom stereocenters. The van der Waals surface area contributed by atoms with Crippen molar-refractivity contribution in [1.82, 2.24) is 4.90 Å². The zero-order valence-electron chi connectivity index (χ0n) is 14.8. The molecule has 1 amide bonds. The SMILES string of the molecule is CCCN1C(=O)/C(=C\c2ccc(Sc3ccc(Cl)cc3)c([N+](=O)[O-])c2)SC1=S. The van der Waals surface area contributed by atoms with Crippen LogP contribution < -0.4 is 0 Å². The van der Waals surface area contributed by atoms with Crippen molar-refractivity contribution in [2.24, 2.45) is 0 Å². The molecule has 1 aliphatic rings. The van der Waals surface area contributed by atoms with E-state index in [0.29, 0.717) is 31.3 Å². The van der Waals surface area contributed by atoms with Crippen LogP contribution in [-0.2, 0) is 4.79 Å². The highest BCUT2D eigenvalue weighted by Crippen LogP contribution is 2.37. The Morgan fingerprint density at radius 3 is 2.64 bits per heavy atom. The molecule has 3 rings (SSSR count). The molecule has 2 aromatic carbocycles. The van der Waals surface area contributed by atoms with Crippen LogP contribution in [0.1, 0.15) is 18.9 Å². The van der Waals surface area contributed by atoms with Crippen molar-refractivity contribution in [3.05, 3.63) is 68.1 Å². The molecule has 2 aromatic rings. The lowest BCUT2D eigenvalue weighted by molar-refractivity contribution is -0.387. The second-order valence-corrected chi connectivity index (χ2v) is 9.10. The first-order chi connectivity index (χ1) is 13.4. The average Bonchev–Trinajstić information content (AvgIpc) is 2.92. The number of nitro benzene ring substituents is 1. The van der Waals surface area contributed by atoms with Crippen LogP contribution in [0.15, 0.2) is 57.2 Å². The van der Waals surface area contributed by atoms with Gasteiger partial charge in [0.15, 0.2) is 0 Å². The van der Waals surface area contributed by atoms with E-state index in [1.807, 2.05) is 19.1 Å². The van der Waals surface area contributed by atoms with Gasteiger partial charge in [-0.2, -0.15) is 0 Å². The number of thiocarbonyl (C=S) groups is 1. The Hall–Kier alpha value is -1.87. The van der Waals surface area contributed by atoms with Gasteiger partial charge in [0, 0.05) is 22.5 Å². The van der Waals surface area contributed by atoms with Crippen LogP contribution in [0, 0.1) is 10.1 Å². The minimum atomic E-state index is -0.419. The number of halogens is 1. The molecule has 0 bridgehead atoms. The van der Waals surface area contributed by atoms with E-state index in [4.69, 9.17) is 23.8 Å². The Labute approximate surface area is 181 Å². The summed E-state index contributed by atoms with van der Waals surface area (Å²) in [5.41, 5.74) is 0.571. The van der Waals surface area contributed by atoms with E-state index in [2.05, 4.69) is 0 Å². The van der Waals surface area contributed by atoms with Crippen LogP contribution in [0.2, 0.25) is 5.02 Å². The number of hydrogen-bond donors (Lipinski definition) is 0. The number of nitro groups is 1. The molecule has 0 atom stereocenters. The van der Waals surface area contributed by atoms with Gasteiger partial charge in [0.1, 0.15) is 4.32 Å². The number of amides is 1. The van der Waals surface area contributed by atoms with Crippen molar-refractivity contribution in [2.45, 2.75) is 23.1 Å². The molecule has 0 aromatic heterocycles. The molecule has 0 aliphatic carbocycles. The zero-order valence-corrected chi connectivity index (χ0v) is 18.0. The van der Waals surface area contributed by atoms with Crippen molar-refractivity contribution < 1.29 is 9.72 Å². The smallest absolute Gasteiger partial charge is 0.283 e. The molecule has 0 saturated carbocycles. The molecule has 0 spiro atoms. The number of benzene rings is 2. The molecule has 1 aliphatic heterocycles. The van der Waals surface area contributed by atoms with Crippen molar-refractivity contribution in [1.29, 1.82) is 0 Å². The number of hydrogen-bond acceptors (Lipinski definition) is 6. The molecular weight excluding hydrogens is 436 g/mol. The predicted octanol–water partition coefficient (Wildman–Crippen LogP) is 6.01. The normalized spacial score (nSPS) is 15.5. The third-order valence-electron chi connectivity index (χ3n) is 3.84. The monoisotopic (exact) mass is 450 g/mol. The molecule has 28 heavy (non-hydrogen) atoms. The fourth-order valence-corrected chi connectivity index (χ4v) is 4.89. The maximum absolute atomic E-state index is 12.5. The van der Waals surface area contributed by atoms with Gasteiger partial charge in [-0.3, -0.25) is 19.8 Å². The summed E-state index contributed by atoms with van der Waals surface area (Å²) < 4.78 is 0.516. The number of carbonyl (C=O) groups excluding carboxylic acids is 1. The topological polar surface area (TPSA) is 63.5 Å². The van der Waals surface area contributed by atoms with E-state index in [9.17, 15) is 14.9 Å². The summed E-state index contributed by atoms with van der Waals surface area (Å²) in [6.07, 6.45) is 2.46. The summed E-state index contributed by atoms with van der Waals surface area (Å²) in [7, 11) is 0. The first-order valence-corrected chi connectivity index (χ1v) is 10.8. The molecule has 144 valence electrons. The summed E-state index contributed by atoms with van der Waals surface area (Å²) >= 11 is 13.6. The lowest BCUT2D eigenvalue weighted by atomic mass is 10.2. The highest BCUT2D eigenvalue weighted by Gasteiger charge is 2.31. The van der Waals surface area contributed by atoms with E-state index in [1.165, 1.54) is 29.6 Å². The third kappa shape index (κ3) is 4.75. The van der Waals surface area contributed by atoms with Crippen LogP contribution >= 0.6 is 47.3 Å². The Bertz CT molecular complexity index is 977. The van der Waals surface area contributed by atoms with Gasteiger partial charge in [0.25, 0.3) is 11.6 Å². The van der Waals surface area contributed by atoms with Crippen LogP contribution in [0.4, 0.5) is 5.69 Å². The summed E-state index contributed by atoms with van der Waals surface area (Å²) in [5, 5.41) is 12.2. The number of rotatable bonds is 6. The number of carbonyl (C=O) groups is 1. The van der Waals surface area contributed by atoms with Crippen LogP contribution in [0.3, 0.4) is 0 Å². The molecule has 1 saturated heterocycles. The van der Waals surface area contributed by atoms with Gasteiger partial charge >= 0.3 is 0 Å². The van der Waals surface area contributed by atoms with Gasteiger partial charge < -0.3 is 0 Å². The van der Waals surface area contributed by atoms with Gasteiger partial charge in [0.2, 0.25) is 0 Å². The third-order valence-corrected chi connectivity index (χ3v) is 6.54. The summed E-state index contributed by atoms with van der Waals surface area (Å²) in [6.45, 7) is 2.54. The lowest BCUT2D eigenvalue weighted by Crippen LogP contribution is -2.28. The average molecular weight is 451 g/mol. The molecule has 1 fully saturated rings. The van der Waals surface area contributed by atoms with Gasteiger partial charge in [-0.05, 0) is 48.4 Å². The van der Waals surface area contributed by atoms with E-state index in [-0.39, 0.29) is 11.6 Å². The second kappa shape index (κ2) is 9.09. The largest absolute Gasteiger partial charge is 0.293 e. The Kier molecular flexibility index (Phi) is 6.77. The predicted molar refractivity (Wildman–Crippen MR) is 119 cm³/mol. The van der Waals surface area contributed by atoms with Gasteiger partial charge in [-0.25, -0.2) is 0 Å². The van der Waals surface area contributed by atoms with Gasteiger partial charge in [0.05, 0.1) is 14.7 Å². The highest BCUT2D eigenvalue weighted by molar-refractivity contribution is 8.26. The summed E-state index contributed by atoms with van der Waals surface area (Å²) in [6, 6.07) is 12.0. The minimum absolute atomic E-state index is 0.0160. The first-order valence-electron chi connectivity index (χ1n) is 8.36. The van der Waals surface area contributed by atoms with E-state index in [1.54, 1.807) is 35.2 Å².